The van der Waals surface area contributed by atoms with Crippen LogP contribution in [-0.2, 0) is 0 Å². The predicted octanol–water partition coefficient (Wildman–Crippen LogP) is 3.04. The zero-order valence-electron chi connectivity index (χ0n) is 13.1. The topological polar surface area (TPSA) is 55.3 Å². The minimum absolute atomic E-state index is 0.0666. The summed E-state index contributed by atoms with van der Waals surface area (Å²) >= 11 is 6.10. The summed E-state index contributed by atoms with van der Waals surface area (Å²) in [4.78, 5) is 22.9. The van der Waals surface area contributed by atoms with E-state index in [9.17, 15) is 4.79 Å². The van der Waals surface area contributed by atoms with Crippen molar-refractivity contribution in [2.75, 3.05) is 13.1 Å². The van der Waals surface area contributed by atoms with Gasteiger partial charge in [0.15, 0.2) is 0 Å². The lowest BCUT2D eigenvalue weighted by atomic mass is 10.2. The van der Waals surface area contributed by atoms with E-state index in [1.807, 2.05) is 32.0 Å². The normalized spacial score (nSPS) is 17.3. The molecule has 0 bridgehead atoms. The number of amides is 1. The predicted molar refractivity (Wildman–Crippen MR) is 87.9 cm³/mol. The summed E-state index contributed by atoms with van der Waals surface area (Å²) in [7, 11) is 0. The molecule has 3 rings (SSSR count). The largest absolute Gasteiger partial charge is 0.458 e. The molecule has 1 aromatic carbocycles. The van der Waals surface area contributed by atoms with Crippen molar-refractivity contribution in [3.63, 3.8) is 0 Å². The molecule has 2 aromatic rings. The Morgan fingerprint density at radius 1 is 1.26 bits per heavy atom. The lowest BCUT2D eigenvalue weighted by Gasteiger charge is -2.17. The number of aromatic nitrogens is 2. The molecule has 1 fully saturated rings. The Balaban J connectivity index is 1.66. The van der Waals surface area contributed by atoms with Gasteiger partial charge >= 0.3 is 6.01 Å². The minimum atomic E-state index is -0.0948. The summed E-state index contributed by atoms with van der Waals surface area (Å²) in [5.41, 5.74) is 2.27. The number of nitrogens with zero attached hydrogens (tertiary/aromatic N) is 3. The molecule has 0 aliphatic carbocycles. The van der Waals surface area contributed by atoms with E-state index >= 15 is 0 Å². The number of halogens is 1. The van der Waals surface area contributed by atoms with Gasteiger partial charge in [0.1, 0.15) is 6.10 Å². The van der Waals surface area contributed by atoms with Crippen molar-refractivity contribution < 1.29 is 9.53 Å². The molecule has 120 valence electrons. The van der Waals surface area contributed by atoms with Gasteiger partial charge in [0.25, 0.3) is 5.91 Å². The first-order valence-electron chi connectivity index (χ1n) is 7.55. The Morgan fingerprint density at radius 3 is 2.65 bits per heavy atom. The summed E-state index contributed by atoms with van der Waals surface area (Å²) in [5, 5.41) is 0.472. The smallest absolute Gasteiger partial charge is 0.317 e. The first kappa shape index (κ1) is 15.7. The van der Waals surface area contributed by atoms with Crippen LogP contribution in [0.5, 0.6) is 6.01 Å². The van der Waals surface area contributed by atoms with E-state index in [2.05, 4.69) is 9.97 Å². The highest BCUT2D eigenvalue weighted by molar-refractivity contribution is 6.33. The van der Waals surface area contributed by atoms with Gasteiger partial charge in [0.2, 0.25) is 0 Å². The highest BCUT2D eigenvalue weighted by atomic mass is 35.5. The van der Waals surface area contributed by atoms with Crippen LogP contribution in [0.3, 0.4) is 0 Å². The third-order valence-corrected chi connectivity index (χ3v) is 4.10. The summed E-state index contributed by atoms with van der Waals surface area (Å²) in [6.45, 7) is 4.97. The zero-order chi connectivity index (χ0) is 16.4. The van der Waals surface area contributed by atoms with Crippen molar-refractivity contribution in [3.05, 3.63) is 52.3 Å². The van der Waals surface area contributed by atoms with Crippen molar-refractivity contribution in [1.82, 2.24) is 14.9 Å². The molecular weight excluding hydrogens is 314 g/mol. The number of likely N-dealkylation sites (tertiary alicyclic amines) is 1. The highest BCUT2D eigenvalue weighted by Crippen LogP contribution is 2.21. The van der Waals surface area contributed by atoms with Gasteiger partial charge in [-0.15, -0.1) is 0 Å². The third kappa shape index (κ3) is 3.62. The number of carbonyl (C=O) groups is 1. The van der Waals surface area contributed by atoms with Crippen molar-refractivity contribution in [2.45, 2.75) is 26.4 Å². The van der Waals surface area contributed by atoms with E-state index in [0.29, 0.717) is 29.7 Å². The highest BCUT2D eigenvalue weighted by Gasteiger charge is 2.29. The van der Waals surface area contributed by atoms with Crippen molar-refractivity contribution in [1.29, 1.82) is 0 Å². The van der Waals surface area contributed by atoms with E-state index in [1.165, 1.54) is 0 Å². The fourth-order valence-corrected chi connectivity index (χ4v) is 2.93. The lowest BCUT2D eigenvalue weighted by molar-refractivity contribution is 0.0769. The fourth-order valence-electron chi connectivity index (χ4n) is 2.71. The summed E-state index contributed by atoms with van der Waals surface area (Å²) in [6, 6.07) is 9.36. The van der Waals surface area contributed by atoms with E-state index < -0.39 is 0 Å². The van der Waals surface area contributed by atoms with Gasteiger partial charge in [-0.05, 0) is 32.0 Å². The van der Waals surface area contributed by atoms with Crippen molar-refractivity contribution in [3.8, 4) is 6.01 Å². The molecule has 1 aliphatic heterocycles. The average Bonchev–Trinajstić information content (AvgIpc) is 2.94. The van der Waals surface area contributed by atoms with Crippen molar-refractivity contribution in [2.24, 2.45) is 0 Å². The Bertz CT molecular complexity index is 715. The number of carbonyl (C=O) groups excluding carboxylic acids is 1. The minimum Gasteiger partial charge on any atom is -0.458 e. The van der Waals surface area contributed by atoms with Gasteiger partial charge in [-0.3, -0.25) is 4.79 Å². The number of aryl methyl sites for hydroxylation is 2. The molecule has 0 radical (unpaired) electrons. The summed E-state index contributed by atoms with van der Waals surface area (Å²) in [6.07, 6.45) is 0.662. The van der Waals surface area contributed by atoms with Crippen LogP contribution in [0.15, 0.2) is 30.3 Å². The maximum atomic E-state index is 12.5. The first-order chi connectivity index (χ1) is 11.0. The van der Waals surface area contributed by atoms with E-state index in [1.54, 1.807) is 17.0 Å². The second-order valence-corrected chi connectivity index (χ2v) is 6.10. The van der Waals surface area contributed by atoms with Crippen LogP contribution in [-0.4, -0.2) is 40.0 Å². The van der Waals surface area contributed by atoms with Crippen LogP contribution in [0.1, 0.15) is 28.2 Å². The van der Waals surface area contributed by atoms with Crippen LogP contribution in [0.25, 0.3) is 0 Å². The van der Waals surface area contributed by atoms with Gasteiger partial charge in [-0.1, -0.05) is 23.7 Å². The zero-order valence-corrected chi connectivity index (χ0v) is 13.9. The molecule has 0 unspecified atom stereocenters. The van der Waals surface area contributed by atoms with Gasteiger partial charge < -0.3 is 9.64 Å². The molecule has 1 aliphatic rings. The van der Waals surface area contributed by atoms with Gasteiger partial charge in [0, 0.05) is 24.4 Å². The maximum Gasteiger partial charge on any atom is 0.317 e. The molecule has 1 amide bonds. The van der Waals surface area contributed by atoms with Crippen molar-refractivity contribution >= 4 is 17.5 Å². The average molecular weight is 332 g/mol. The molecule has 6 heteroatoms. The van der Waals surface area contributed by atoms with Crippen LogP contribution in [0, 0.1) is 13.8 Å². The molecule has 5 nitrogen and oxygen atoms in total. The number of ether oxygens (including phenoxy) is 1. The lowest BCUT2D eigenvalue weighted by Crippen LogP contribution is -2.31. The molecule has 0 spiro atoms. The van der Waals surface area contributed by atoms with Crippen LogP contribution in [0.4, 0.5) is 0 Å². The molecule has 1 aromatic heterocycles. The second kappa shape index (κ2) is 6.54. The molecule has 2 heterocycles. The molecule has 0 saturated carbocycles. The molecule has 1 saturated heterocycles. The quantitative estimate of drug-likeness (QED) is 0.867. The first-order valence-corrected chi connectivity index (χ1v) is 7.93. The van der Waals surface area contributed by atoms with Gasteiger partial charge in [0.05, 0.1) is 17.1 Å². The van der Waals surface area contributed by atoms with Crippen LogP contribution in [0.2, 0.25) is 5.02 Å². The summed E-state index contributed by atoms with van der Waals surface area (Å²) in [5.74, 6) is -0.0666. The Labute approximate surface area is 140 Å². The maximum absolute atomic E-state index is 12.5. The fraction of sp³-hybridized carbons (Fsp3) is 0.353. The Kier molecular flexibility index (Phi) is 4.48. The van der Waals surface area contributed by atoms with Crippen LogP contribution >= 0.6 is 11.6 Å². The molecule has 0 N–H and O–H groups in total. The third-order valence-electron chi connectivity index (χ3n) is 3.77. The monoisotopic (exact) mass is 331 g/mol. The molecule has 23 heavy (non-hydrogen) atoms. The second-order valence-electron chi connectivity index (χ2n) is 5.69. The van der Waals surface area contributed by atoms with E-state index in [4.69, 9.17) is 16.3 Å². The van der Waals surface area contributed by atoms with Gasteiger partial charge in [-0.25, -0.2) is 9.97 Å². The SMILES string of the molecule is Cc1cc(C)nc(O[C@H]2CCN(C(=O)c3ccccc3Cl)C2)n1. The number of hydrogen-bond donors (Lipinski definition) is 0. The Morgan fingerprint density at radius 2 is 1.96 bits per heavy atom. The molecule has 1 atom stereocenters. The Hall–Kier alpha value is -2.14. The van der Waals surface area contributed by atoms with Crippen LogP contribution < -0.4 is 4.74 Å². The number of hydrogen-bond acceptors (Lipinski definition) is 4. The molecular formula is C17H18ClN3O2. The standard InChI is InChI=1S/C17H18ClN3O2/c1-11-9-12(2)20-17(19-11)23-13-7-8-21(10-13)16(22)14-5-3-4-6-15(14)18/h3-6,9,13H,7-8,10H2,1-2H3/t13-/m0/s1. The van der Waals surface area contributed by atoms with E-state index in [0.717, 1.165) is 17.8 Å². The number of rotatable bonds is 3. The number of benzene rings is 1. The van der Waals surface area contributed by atoms with Gasteiger partial charge in [-0.2, -0.15) is 0 Å². The summed E-state index contributed by atoms with van der Waals surface area (Å²) < 4.78 is 5.83. The van der Waals surface area contributed by atoms with E-state index in [-0.39, 0.29) is 12.0 Å².